The van der Waals surface area contributed by atoms with Gasteiger partial charge in [0.25, 0.3) is 5.91 Å². The SMILES string of the molecule is O=C(NCC(O)C1CCCC1)c1ccnc(F)c1. The Balaban J connectivity index is 1.84. The van der Waals surface area contributed by atoms with Crippen LogP contribution in [-0.4, -0.2) is 28.6 Å². The number of rotatable bonds is 4. The number of halogens is 1. The van der Waals surface area contributed by atoms with Crippen LogP contribution in [0.3, 0.4) is 0 Å². The van der Waals surface area contributed by atoms with Crippen molar-refractivity contribution in [2.45, 2.75) is 31.8 Å². The first kappa shape index (κ1) is 13.0. The maximum Gasteiger partial charge on any atom is 0.251 e. The van der Waals surface area contributed by atoms with E-state index in [2.05, 4.69) is 10.3 Å². The van der Waals surface area contributed by atoms with Gasteiger partial charge < -0.3 is 10.4 Å². The van der Waals surface area contributed by atoms with Crippen LogP contribution in [0, 0.1) is 11.9 Å². The Labute approximate surface area is 105 Å². The molecule has 2 N–H and O–H groups in total. The fraction of sp³-hybridized carbons (Fsp3) is 0.538. The van der Waals surface area contributed by atoms with Gasteiger partial charge in [-0.3, -0.25) is 4.79 Å². The number of hydrogen-bond acceptors (Lipinski definition) is 3. The van der Waals surface area contributed by atoms with E-state index in [0.29, 0.717) is 0 Å². The molecule has 1 saturated carbocycles. The molecule has 0 aromatic carbocycles. The number of aliphatic hydroxyl groups is 1. The second-order valence-corrected chi connectivity index (χ2v) is 4.69. The Bertz CT molecular complexity index is 419. The molecule has 1 amide bonds. The average Bonchev–Trinajstić information content (AvgIpc) is 2.89. The summed E-state index contributed by atoms with van der Waals surface area (Å²) in [6.45, 7) is 0.216. The molecule has 1 unspecified atom stereocenters. The molecule has 1 aromatic rings. The Morgan fingerprint density at radius 1 is 1.56 bits per heavy atom. The molecule has 0 aliphatic heterocycles. The second-order valence-electron chi connectivity index (χ2n) is 4.69. The van der Waals surface area contributed by atoms with Gasteiger partial charge in [0.2, 0.25) is 5.95 Å². The molecule has 1 atom stereocenters. The maximum atomic E-state index is 12.8. The van der Waals surface area contributed by atoms with Gasteiger partial charge in [-0.2, -0.15) is 4.39 Å². The van der Waals surface area contributed by atoms with Gasteiger partial charge in [-0.25, -0.2) is 4.98 Å². The number of aromatic nitrogens is 1. The summed E-state index contributed by atoms with van der Waals surface area (Å²) in [6, 6.07) is 2.53. The van der Waals surface area contributed by atoms with Crippen molar-refractivity contribution in [2.75, 3.05) is 6.54 Å². The minimum Gasteiger partial charge on any atom is -0.391 e. The summed E-state index contributed by atoms with van der Waals surface area (Å²) in [6.07, 6.45) is 5.05. The quantitative estimate of drug-likeness (QED) is 0.798. The Morgan fingerprint density at radius 2 is 2.28 bits per heavy atom. The molecule has 1 aromatic heterocycles. The van der Waals surface area contributed by atoms with Crippen LogP contribution in [0.4, 0.5) is 4.39 Å². The van der Waals surface area contributed by atoms with Crippen LogP contribution in [0.25, 0.3) is 0 Å². The molecule has 18 heavy (non-hydrogen) atoms. The molecule has 1 aliphatic rings. The van der Waals surface area contributed by atoms with Gasteiger partial charge >= 0.3 is 0 Å². The van der Waals surface area contributed by atoms with E-state index in [1.807, 2.05) is 0 Å². The predicted molar refractivity (Wildman–Crippen MR) is 64.5 cm³/mol. The van der Waals surface area contributed by atoms with Gasteiger partial charge in [0.1, 0.15) is 0 Å². The third kappa shape index (κ3) is 3.26. The molecule has 5 heteroatoms. The highest BCUT2D eigenvalue weighted by molar-refractivity contribution is 5.93. The average molecular weight is 252 g/mol. The third-order valence-corrected chi connectivity index (χ3v) is 3.40. The molecule has 0 bridgehead atoms. The van der Waals surface area contributed by atoms with Crippen molar-refractivity contribution in [1.82, 2.24) is 10.3 Å². The predicted octanol–water partition coefficient (Wildman–Crippen LogP) is 1.50. The summed E-state index contributed by atoms with van der Waals surface area (Å²) in [4.78, 5) is 15.1. The second kappa shape index (κ2) is 5.91. The van der Waals surface area contributed by atoms with Crippen molar-refractivity contribution in [3.63, 3.8) is 0 Å². The Kier molecular flexibility index (Phi) is 4.25. The normalized spacial score (nSPS) is 17.7. The van der Waals surface area contributed by atoms with Crippen molar-refractivity contribution in [2.24, 2.45) is 5.92 Å². The van der Waals surface area contributed by atoms with Crippen LogP contribution in [0.1, 0.15) is 36.0 Å². The Morgan fingerprint density at radius 3 is 2.94 bits per heavy atom. The molecule has 0 spiro atoms. The van der Waals surface area contributed by atoms with Gasteiger partial charge in [0, 0.05) is 24.4 Å². The van der Waals surface area contributed by atoms with E-state index in [-0.39, 0.29) is 23.9 Å². The van der Waals surface area contributed by atoms with Crippen molar-refractivity contribution < 1.29 is 14.3 Å². The number of aliphatic hydroxyl groups excluding tert-OH is 1. The van der Waals surface area contributed by atoms with E-state index >= 15 is 0 Å². The first-order valence-electron chi connectivity index (χ1n) is 6.24. The zero-order valence-electron chi connectivity index (χ0n) is 10.1. The van der Waals surface area contributed by atoms with E-state index in [1.165, 1.54) is 12.3 Å². The maximum absolute atomic E-state index is 12.8. The third-order valence-electron chi connectivity index (χ3n) is 3.40. The molecule has 4 nitrogen and oxygen atoms in total. The molecule has 1 fully saturated rings. The molecular weight excluding hydrogens is 235 g/mol. The van der Waals surface area contributed by atoms with Crippen LogP contribution in [0.15, 0.2) is 18.3 Å². The van der Waals surface area contributed by atoms with Gasteiger partial charge in [0.05, 0.1) is 6.10 Å². The minimum absolute atomic E-state index is 0.216. The first-order chi connectivity index (χ1) is 8.66. The highest BCUT2D eigenvalue weighted by Gasteiger charge is 2.23. The molecule has 1 aliphatic carbocycles. The molecule has 2 rings (SSSR count). The van der Waals surface area contributed by atoms with Crippen molar-refractivity contribution in [3.05, 3.63) is 29.8 Å². The van der Waals surface area contributed by atoms with E-state index in [9.17, 15) is 14.3 Å². The smallest absolute Gasteiger partial charge is 0.251 e. The molecule has 98 valence electrons. The number of nitrogens with zero attached hydrogens (tertiary/aromatic N) is 1. The van der Waals surface area contributed by atoms with Crippen LogP contribution in [0.5, 0.6) is 0 Å². The lowest BCUT2D eigenvalue weighted by molar-refractivity contribution is 0.0840. The summed E-state index contributed by atoms with van der Waals surface area (Å²) in [7, 11) is 0. The highest BCUT2D eigenvalue weighted by atomic mass is 19.1. The van der Waals surface area contributed by atoms with Gasteiger partial charge in [-0.1, -0.05) is 12.8 Å². The van der Waals surface area contributed by atoms with Gasteiger partial charge in [0.15, 0.2) is 0 Å². The number of amides is 1. The highest BCUT2D eigenvalue weighted by Crippen LogP contribution is 2.27. The number of pyridine rings is 1. The summed E-state index contributed by atoms with van der Waals surface area (Å²) < 4.78 is 12.8. The van der Waals surface area contributed by atoms with Gasteiger partial charge in [-0.05, 0) is 24.8 Å². The van der Waals surface area contributed by atoms with Crippen LogP contribution >= 0.6 is 0 Å². The Hall–Kier alpha value is -1.49. The monoisotopic (exact) mass is 252 g/mol. The standard InChI is InChI=1S/C13H17FN2O2/c14-12-7-10(5-6-15-12)13(18)16-8-11(17)9-3-1-2-4-9/h5-7,9,11,17H,1-4,8H2,(H,16,18). The van der Waals surface area contributed by atoms with Crippen molar-refractivity contribution >= 4 is 5.91 Å². The molecule has 1 heterocycles. The van der Waals surface area contributed by atoms with Crippen LogP contribution in [0.2, 0.25) is 0 Å². The summed E-state index contributed by atoms with van der Waals surface area (Å²) >= 11 is 0. The first-order valence-corrected chi connectivity index (χ1v) is 6.24. The zero-order chi connectivity index (χ0) is 13.0. The molecule has 0 radical (unpaired) electrons. The zero-order valence-corrected chi connectivity index (χ0v) is 10.1. The minimum atomic E-state index is -0.681. The fourth-order valence-electron chi connectivity index (χ4n) is 2.35. The van der Waals surface area contributed by atoms with E-state index < -0.39 is 12.1 Å². The van der Waals surface area contributed by atoms with Crippen LogP contribution in [-0.2, 0) is 0 Å². The van der Waals surface area contributed by atoms with Crippen molar-refractivity contribution in [3.8, 4) is 0 Å². The summed E-state index contributed by atoms with van der Waals surface area (Å²) in [5.41, 5.74) is 0.223. The molecular formula is C13H17FN2O2. The summed E-state index contributed by atoms with van der Waals surface area (Å²) in [5, 5.41) is 12.5. The summed E-state index contributed by atoms with van der Waals surface area (Å²) in [5.74, 6) is -0.785. The topological polar surface area (TPSA) is 62.2 Å². The lowest BCUT2D eigenvalue weighted by Crippen LogP contribution is -2.35. The van der Waals surface area contributed by atoms with E-state index in [1.54, 1.807) is 0 Å². The lowest BCUT2D eigenvalue weighted by atomic mass is 10.0. The number of carbonyl (C=O) groups is 1. The van der Waals surface area contributed by atoms with Gasteiger partial charge in [-0.15, -0.1) is 0 Å². The van der Waals surface area contributed by atoms with E-state index in [4.69, 9.17) is 0 Å². The molecule has 0 saturated heterocycles. The fourth-order valence-corrected chi connectivity index (χ4v) is 2.35. The number of hydrogen-bond donors (Lipinski definition) is 2. The largest absolute Gasteiger partial charge is 0.391 e. The number of carbonyl (C=O) groups excluding carboxylic acids is 1. The van der Waals surface area contributed by atoms with Crippen LogP contribution < -0.4 is 5.32 Å². The lowest BCUT2D eigenvalue weighted by Gasteiger charge is -2.17. The van der Waals surface area contributed by atoms with E-state index in [0.717, 1.165) is 31.7 Å². The van der Waals surface area contributed by atoms with Crippen molar-refractivity contribution in [1.29, 1.82) is 0 Å². The number of nitrogens with one attached hydrogen (secondary N) is 1.